The molecule has 0 saturated heterocycles. The van der Waals surface area contributed by atoms with Crippen LogP contribution >= 0.6 is 23.4 Å². The maximum absolute atomic E-state index is 13.0. The van der Waals surface area contributed by atoms with Crippen LogP contribution < -0.4 is 0 Å². The quantitative estimate of drug-likeness (QED) is 0.710. The molecule has 1 unspecified atom stereocenters. The van der Waals surface area contributed by atoms with Crippen molar-refractivity contribution < 1.29 is 8.50 Å². The molecule has 0 spiro atoms. The van der Waals surface area contributed by atoms with Crippen LogP contribution in [0.25, 0.3) is 5.70 Å². The van der Waals surface area contributed by atoms with Crippen LogP contribution in [0.3, 0.4) is 0 Å². The molecule has 3 rings (SSSR count). The smallest absolute Gasteiger partial charge is 0.242 e. The highest BCUT2D eigenvalue weighted by atomic mass is 35.5. The number of hydrogen-bond acceptors (Lipinski definition) is 3. The van der Waals surface area contributed by atoms with Gasteiger partial charge in [0.1, 0.15) is 17.7 Å². The first-order chi connectivity index (χ1) is 8.58. The number of nitrogens with zero attached hydrogens (tertiary/aromatic N) is 4. The van der Waals surface area contributed by atoms with E-state index in [2.05, 4.69) is 15.1 Å². The molecule has 0 N–H and O–H groups in total. The van der Waals surface area contributed by atoms with Crippen LogP contribution in [0.5, 0.6) is 0 Å². The molecule has 1 atom stereocenters. The normalized spacial score (nSPS) is 24.8. The molecule has 18 heavy (non-hydrogen) atoms. The van der Waals surface area contributed by atoms with Gasteiger partial charge in [0.25, 0.3) is 5.84 Å². The number of quaternary nitrogens is 1. The van der Waals surface area contributed by atoms with Gasteiger partial charge in [-0.15, -0.1) is 0 Å². The summed E-state index contributed by atoms with van der Waals surface area (Å²) in [5, 5.41) is 4.27. The van der Waals surface area contributed by atoms with Gasteiger partial charge in [-0.05, 0) is 27.4 Å². The van der Waals surface area contributed by atoms with Crippen molar-refractivity contribution in [1.29, 1.82) is 0 Å². The summed E-state index contributed by atoms with van der Waals surface area (Å²) in [4.78, 5) is 8.17. The molecule has 0 amide bonds. The summed E-state index contributed by atoms with van der Waals surface area (Å²) in [5.74, 6) is 0.0963. The third-order valence-corrected chi connectivity index (χ3v) is 3.22. The maximum Gasteiger partial charge on any atom is 0.298 e. The molecule has 4 nitrogen and oxygen atoms in total. The zero-order valence-corrected chi connectivity index (χ0v) is 10.4. The molecule has 0 saturated carbocycles. The van der Waals surface area contributed by atoms with E-state index in [1.54, 1.807) is 12.3 Å². The molecule has 0 aliphatic carbocycles. The Balaban J connectivity index is 2.09. The first kappa shape index (κ1) is 11.5. The molecule has 2 heterocycles. The lowest BCUT2D eigenvalue weighted by atomic mass is 10.1. The fourth-order valence-electron chi connectivity index (χ4n) is 1.67. The van der Waals surface area contributed by atoms with Gasteiger partial charge in [0, 0.05) is 5.56 Å². The van der Waals surface area contributed by atoms with Gasteiger partial charge in [-0.1, -0.05) is 11.6 Å². The van der Waals surface area contributed by atoms with Gasteiger partial charge in [0.15, 0.2) is 12.5 Å². The SMILES string of the molecule is Fc1ccc(C2=C[N+]3(Cl)N=CN=C3C=N2)c(Cl)c1. The van der Waals surface area contributed by atoms with E-state index in [1.165, 1.54) is 24.7 Å². The fourth-order valence-corrected chi connectivity index (χ4v) is 2.16. The van der Waals surface area contributed by atoms with Crippen molar-refractivity contribution >= 4 is 47.5 Å². The Morgan fingerprint density at radius 3 is 2.89 bits per heavy atom. The molecule has 7 heteroatoms. The standard InChI is InChI=1S/C11H6Cl2FN4/c12-9-3-7(14)1-2-8(9)10-5-18(13)11(4-15-10)16-6-17-18/h1-6H/q+1. The second-order valence-corrected chi connectivity index (χ2v) is 4.64. The van der Waals surface area contributed by atoms with Gasteiger partial charge >= 0.3 is 0 Å². The van der Waals surface area contributed by atoms with Gasteiger partial charge in [-0.25, -0.2) is 9.38 Å². The molecule has 1 aromatic carbocycles. The average molecular weight is 284 g/mol. The zero-order valence-electron chi connectivity index (χ0n) is 8.89. The van der Waals surface area contributed by atoms with E-state index in [0.29, 0.717) is 17.1 Å². The lowest BCUT2D eigenvalue weighted by molar-refractivity contribution is -0.658. The Bertz CT molecular complexity index is 650. The highest BCUT2D eigenvalue weighted by Crippen LogP contribution is 2.32. The lowest BCUT2D eigenvalue weighted by Crippen LogP contribution is -2.34. The summed E-state index contributed by atoms with van der Waals surface area (Å²) in [6, 6.07) is 4.08. The predicted molar refractivity (Wildman–Crippen MR) is 69.9 cm³/mol. The number of rotatable bonds is 1. The molecule has 0 aromatic heterocycles. The van der Waals surface area contributed by atoms with Crippen molar-refractivity contribution in [2.75, 3.05) is 0 Å². The predicted octanol–water partition coefficient (Wildman–Crippen LogP) is 3.19. The number of amidine groups is 1. The first-order valence-electron chi connectivity index (χ1n) is 5.02. The molecule has 0 bridgehead atoms. The molecule has 2 aliphatic rings. The number of hydrogen-bond donors (Lipinski definition) is 0. The third-order valence-electron chi connectivity index (χ3n) is 2.55. The second-order valence-electron chi connectivity index (χ2n) is 3.72. The maximum atomic E-state index is 13.0. The summed E-state index contributed by atoms with van der Waals surface area (Å²) in [6.45, 7) is 0. The van der Waals surface area contributed by atoms with Crippen LogP contribution in [0.1, 0.15) is 5.56 Å². The molecular weight excluding hydrogens is 278 g/mol. The number of fused-ring (bicyclic) bond motifs is 1. The van der Waals surface area contributed by atoms with E-state index < -0.39 is 5.82 Å². The van der Waals surface area contributed by atoms with Crippen molar-refractivity contribution in [1.82, 2.24) is 0 Å². The number of benzene rings is 1. The Hall–Kier alpha value is -1.56. The topological polar surface area (TPSA) is 37.1 Å². The minimum Gasteiger partial charge on any atom is -0.242 e. The summed E-state index contributed by atoms with van der Waals surface area (Å²) < 4.78 is 12.7. The largest absolute Gasteiger partial charge is 0.298 e. The van der Waals surface area contributed by atoms with Crippen molar-refractivity contribution in [3.8, 4) is 0 Å². The highest BCUT2D eigenvalue weighted by molar-refractivity contribution is 6.36. The monoisotopic (exact) mass is 283 g/mol. The van der Waals surface area contributed by atoms with Crippen molar-refractivity contribution in [2.45, 2.75) is 0 Å². The summed E-state index contributed by atoms with van der Waals surface area (Å²) in [7, 11) is 0. The second kappa shape index (κ2) is 3.98. The number of aliphatic imine (C=N–C) groups is 2. The minimum absolute atomic E-state index is 0.269. The zero-order chi connectivity index (χ0) is 12.8. The van der Waals surface area contributed by atoms with E-state index in [9.17, 15) is 4.39 Å². The van der Waals surface area contributed by atoms with Crippen LogP contribution in [0.2, 0.25) is 5.02 Å². The summed E-state index contributed by atoms with van der Waals surface area (Å²) >= 11 is 12.2. The van der Waals surface area contributed by atoms with Gasteiger partial charge in [-0.2, -0.15) is 4.99 Å². The van der Waals surface area contributed by atoms with Gasteiger partial charge in [0.2, 0.25) is 11.8 Å². The summed E-state index contributed by atoms with van der Waals surface area (Å²) in [6.07, 6.45) is 4.46. The molecule has 2 aliphatic heterocycles. The van der Waals surface area contributed by atoms with E-state index >= 15 is 0 Å². The van der Waals surface area contributed by atoms with Crippen LogP contribution in [-0.2, 0) is 0 Å². The van der Waals surface area contributed by atoms with Crippen molar-refractivity contribution in [3.63, 3.8) is 0 Å². The van der Waals surface area contributed by atoms with Crippen LogP contribution in [0.15, 0.2) is 39.5 Å². The molecule has 90 valence electrons. The molecule has 0 radical (unpaired) electrons. The van der Waals surface area contributed by atoms with Gasteiger partial charge in [-0.3, -0.25) is 0 Å². The van der Waals surface area contributed by atoms with Crippen LogP contribution in [0, 0.1) is 5.82 Å². The Morgan fingerprint density at radius 2 is 2.11 bits per heavy atom. The van der Waals surface area contributed by atoms with Gasteiger partial charge < -0.3 is 0 Å². The van der Waals surface area contributed by atoms with Gasteiger partial charge in [0.05, 0.1) is 5.02 Å². The van der Waals surface area contributed by atoms with E-state index in [0.717, 1.165) is 0 Å². The van der Waals surface area contributed by atoms with Crippen molar-refractivity contribution in [3.05, 3.63) is 40.8 Å². The van der Waals surface area contributed by atoms with Crippen LogP contribution in [0.4, 0.5) is 4.39 Å². The Kier molecular flexibility index (Phi) is 2.55. The fraction of sp³-hybridized carbons (Fsp3) is 0. The summed E-state index contributed by atoms with van der Waals surface area (Å²) in [5.41, 5.74) is 1.11. The Morgan fingerprint density at radius 1 is 1.28 bits per heavy atom. The van der Waals surface area contributed by atoms with E-state index in [-0.39, 0.29) is 9.13 Å². The lowest BCUT2D eigenvalue weighted by Gasteiger charge is -2.17. The highest BCUT2D eigenvalue weighted by Gasteiger charge is 2.38. The average Bonchev–Trinajstić information content (AvgIpc) is 2.69. The van der Waals surface area contributed by atoms with E-state index in [4.69, 9.17) is 23.4 Å². The van der Waals surface area contributed by atoms with Crippen LogP contribution in [-0.4, -0.2) is 22.5 Å². The third kappa shape index (κ3) is 1.77. The molecule has 1 aromatic rings. The minimum atomic E-state index is -0.402. The molecule has 0 fully saturated rings. The number of halogens is 3. The van der Waals surface area contributed by atoms with E-state index in [1.807, 2.05) is 0 Å². The molecular formula is C11H6Cl2FN4+. The first-order valence-corrected chi connectivity index (χ1v) is 5.73. The Labute approximate surface area is 112 Å². The van der Waals surface area contributed by atoms with Crippen molar-refractivity contribution in [2.24, 2.45) is 15.1 Å².